The molecule has 9 unspecified atom stereocenters. The van der Waals surface area contributed by atoms with Crippen LogP contribution in [0.5, 0.6) is 0 Å². The molecule has 0 aromatic heterocycles. The normalized spacial score (nSPS) is 21.4. The first kappa shape index (κ1) is 88.7. The van der Waals surface area contributed by atoms with Crippen LogP contribution in [0.25, 0.3) is 0 Å². The van der Waals surface area contributed by atoms with E-state index in [0.29, 0.717) is 56.5 Å². The number of ether oxygens (including phenoxy) is 5. The number of rotatable bonds is 48. The van der Waals surface area contributed by atoms with E-state index in [2.05, 4.69) is 76.0 Å². The molecule has 0 spiro atoms. The van der Waals surface area contributed by atoms with Crippen LogP contribution in [0, 0.1) is 35.5 Å². The summed E-state index contributed by atoms with van der Waals surface area (Å²) in [7, 11) is 0. The fourth-order valence-corrected chi connectivity index (χ4v) is 10.9. The van der Waals surface area contributed by atoms with Crippen molar-refractivity contribution >= 4 is 47.4 Å². The van der Waals surface area contributed by atoms with E-state index in [9.17, 15) is 33.9 Å². The molecule has 0 aromatic rings. The molecule has 90 heavy (non-hydrogen) atoms. The van der Waals surface area contributed by atoms with Crippen LogP contribution in [0.2, 0.25) is 0 Å². The first-order valence-corrected chi connectivity index (χ1v) is 35.1. The summed E-state index contributed by atoms with van der Waals surface area (Å²) in [4.78, 5) is 66.2. The van der Waals surface area contributed by atoms with E-state index in [0.717, 1.165) is 141 Å². The average Bonchev–Trinajstić information content (AvgIpc) is 4.48. The van der Waals surface area contributed by atoms with E-state index in [4.69, 9.17) is 50.6 Å². The zero-order valence-corrected chi connectivity index (χ0v) is 59.1. The van der Waals surface area contributed by atoms with Crippen molar-refractivity contribution < 1.29 is 108 Å². The van der Waals surface area contributed by atoms with E-state index in [1.165, 1.54) is 103 Å². The predicted octanol–water partition coefficient (Wildman–Crippen LogP) is 14.6. The molecule has 5 aliphatic rings. The van der Waals surface area contributed by atoms with E-state index in [1.54, 1.807) is 0 Å². The first-order chi connectivity index (χ1) is 42.7. The molecule has 18 heteroatoms. The summed E-state index contributed by atoms with van der Waals surface area (Å²) in [5.41, 5.74) is 0. The molecular formula is C72H122ClNaO16. The second-order valence-electron chi connectivity index (χ2n) is 24.6. The molecule has 3 saturated heterocycles. The number of aliphatic carboxylic acids is 4. The maximum absolute atomic E-state index is 12.8. The number of alkyl halides is 1. The van der Waals surface area contributed by atoms with Gasteiger partial charge >= 0.3 is 65.4 Å². The summed E-state index contributed by atoms with van der Waals surface area (Å²) in [6, 6.07) is 0. The fourth-order valence-electron chi connectivity index (χ4n) is 10.8. The molecule has 0 bridgehead atoms. The standard InChI is InChI=1S/C27H44O6.C21H36O4.C18H32O2.C3H5ClO.C3H4O2.Na.H2O/c1-2-3-4-8-11-21-14-15-22(25(16-21)27(29)33-20-24-18-31-24)12-9-6-5-7-10-13-26(28)32-19-23-17-30-23;1-2-3-4-8-11-17-14-15-18(19(16-17)21(24)25)12-9-6-5-7-10-13-20(22)23;1-2-3-4-5-6-7-8-9-10-11-12-13-14-15-16-17-18(19)20;4-1-3-2-5-3;1-2-3(4)5;;/h14-15,21-25H,2-13,16-20H2,1H3;14-15,17-19H,2-13,16H2,1H3,(H,22,23)(H,24,25);7-10H,2-6,11-17H2,1H3,(H,19,20);3H,1-2H2;2H,1H2,(H,4,5);;1H2/q;;;;;+1;/p-1/b;;8-7+,10-9+;;;;. The Hall–Kier alpha value is -3.35. The van der Waals surface area contributed by atoms with Crippen molar-refractivity contribution in [3.63, 3.8) is 0 Å². The largest absolute Gasteiger partial charge is 1.00 e. The monoisotopic (exact) mass is 1300 g/mol. The molecular weight excluding hydrogens is 1180 g/mol. The molecule has 3 aliphatic heterocycles. The van der Waals surface area contributed by atoms with E-state index in [-0.39, 0.29) is 89.3 Å². The zero-order chi connectivity index (χ0) is 64.7. The summed E-state index contributed by atoms with van der Waals surface area (Å²) >= 11 is 5.27. The van der Waals surface area contributed by atoms with Gasteiger partial charge in [0.25, 0.3) is 0 Å². The van der Waals surface area contributed by atoms with Gasteiger partial charge in [-0.1, -0.05) is 217 Å². The smallest absolute Gasteiger partial charge is 0.870 e. The minimum Gasteiger partial charge on any atom is -0.870 e. The zero-order valence-electron chi connectivity index (χ0n) is 56.3. The number of hydrogen-bond donors (Lipinski definition) is 4. The van der Waals surface area contributed by atoms with Crippen LogP contribution in [0.1, 0.15) is 265 Å². The van der Waals surface area contributed by atoms with Crippen molar-refractivity contribution in [1.29, 1.82) is 0 Å². The second-order valence-corrected chi connectivity index (χ2v) is 24.9. The minimum atomic E-state index is -0.981. The summed E-state index contributed by atoms with van der Waals surface area (Å²) in [5.74, 6) is -1.36. The molecule has 3 fully saturated rings. The Balaban J connectivity index is 0. The average molecular weight is 1300 g/mol. The van der Waals surface area contributed by atoms with Crippen LogP contribution in [-0.2, 0) is 52.5 Å². The quantitative estimate of drug-likeness (QED) is 0.00644. The first-order valence-electron chi connectivity index (χ1n) is 34.6. The summed E-state index contributed by atoms with van der Waals surface area (Å²) < 4.78 is 25.7. The van der Waals surface area contributed by atoms with Gasteiger partial charge in [-0.05, 0) is 107 Å². The van der Waals surface area contributed by atoms with Crippen molar-refractivity contribution in [2.75, 3.05) is 38.9 Å². The topological polar surface area (TPSA) is 269 Å². The Morgan fingerprint density at radius 1 is 0.489 bits per heavy atom. The van der Waals surface area contributed by atoms with Crippen LogP contribution in [0.15, 0.2) is 61.3 Å². The molecule has 0 radical (unpaired) electrons. The van der Waals surface area contributed by atoms with Gasteiger partial charge in [0.1, 0.15) is 25.4 Å². The van der Waals surface area contributed by atoms with Crippen molar-refractivity contribution in [2.24, 2.45) is 35.5 Å². The number of carboxylic acids is 4. The Morgan fingerprint density at radius 2 is 0.844 bits per heavy atom. The van der Waals surface area contributed by atoms with Crippen molar-refractivity contribution in [3.8, 4) is 0 Å². The number of epoxide rings is 3. The number of carboxylic acid groups (broad SMARTS) is 4. The molecule has 0 saturated carbocycles. The third-order valence-corrected chi connectivity index (χ3v) is 16.8. The second kappa shape index (κ2) is 61.8. The number of carbonyl (C=O) groups is 6. The maximum Gasteiger partial charge on any atom is 1.00 e. The number of esters is 2. The molecule has 3 heterocycles. The summed E-state index contributed by atoms with van der Waals surface area (Å²) in [5, 5.41) is 34.3. The van der Waals surface area contributed by atoms with Gasteiger partial charge in [0.05, 0.1) is 43.6 Å². The fraction of sp³-hybridized carbons (Fsp3) is 0.778. The van der Waals surface area contributed by atoms with Gasteiger partial charge in [0, 0.05) is 25.3 Å². The number of allylic oxidation sites excluding steroid dienone is 8. The molecule has 9 atom stereocenters. The van der Waals surface area contributed by atoms with Crippen molar-refractivity contribution in [2.45, 2.75) is 283 Å². The Labute approximate surface area is 570 Å². The summed E-state index contributed by atoms with van der Waals surface area (Å²) in [6.07, 6.45) is 59.8. The predicted molar refractivity (Wildman–Crippen MR) is 355 cm³/mol. The van der Waals surface area contributed by atoms with Gasteiger partial charge in [-0.2, -0.15) is 0 Å². The number of carbonyl (C=O) groups excluding carboxylic acids is 2. The van der Waals surface area contributed by atoms with Gasteiger partial charge in [-0.3, -0.25) is 24.0 Å². The number of hydrogen-bond acceptors (Lipinski definition) is 12. The third-order valence-electron chi connectivity index (χ3n) is 16.5. The van der Waals surface area contributed by atoms with Crippen LogP contribution < -0.4 is 29.6 Å². The SMILES string of the molecule is C=CC(=O)O.CCCCCC/C=C/C=C/CCCCCCCC(=O)O.CCCCCCC1C=CC(CCCCCCCC(=O)O)C(C(=O)O)C1.CCCCCCC1C=CC(CCCCCCCC(=O)OCC2CO2)C(C(=O)OCC2CO2)C1.ClCC1CO1.[Na+].[OH-]. The van der Waals surface area contributed by atoms with Crippen LogP contribution in [0.4, 0.5) is 0 Å². The van der Waals surface area contributed by atoms with E-state index in [1.807, 2.05) is 0 Å². The van der Waals surface area contributed by atoms with Crippen LogP contribution in [-0.4, -0.2) is 119 Å². The van der Waals surface area contributed by atoms with Gasteiger partial charge in [0.2, 0.25) is 0 Å². The van der Waals surface area contributed by atoms with Gasteiger partial charge in [-0.25, -0.2) is 4.79 Å². The number of halogens is 1. The molecule has 514 valence electrons. The van der Waals surface area contributed by atoms with Crippen molar-refractivity contribution in [1.82, 2.24) is 0 Å². The molecule has 5 N–H and O–H groups in total. The molecule has 5 rings (SSSR count). The minimum absolute atomic E-state index is 0. The van der Waals surface area contributed by atoms with Gasteiger partial charge in [0.15, 0.2) is 0 Å². The third kappa shape index (κ3) is 56.2. The molecule has 16 nitrogen and oxygen atoms in total. The Morgan fingerprint density at radius 3 is 1.23 bits per heavy atom. The molecule has 0 aromatic carbocycles. The van der Waals surface area contributed by atoms with Gasteiger partial charge < -0.3 is 49.6 Å². The van der Waals surface area contributed by atoms with E-state index < -0.39 is 23.9 Å². The van der Waals surface area contributed by atoms with Crippen molar-refractivity contribution in [3.05, 3.63) is 61.3 Å². The Bertz CT molecular complexity index is 1930. The number of unbranched alkanes of at least 4 members (excludes halogenated alkanes) is 23. The van der Waals surface area contributed by atoms with Crippen LogP contribution in [0.3, 0.4) is 0 Å². The molecule has 0 amide bonds. The molecule has 2 aliphatic carbocycles. The Kier molecular flexibility index (Phi) is 60.9. The van der Waals surface area contributed by atoms with Crippen LogP contribution >= 0.6 is 11.6 Å². The van der Waals surface area contributed by atoms with Gasteiger partial charge in [-0.15, -0.1) is 11.6 Å². The maximum atomic E-state index is 12.8. The summed E-state index contributed by atoms with van der Waals surface area (Å²) in [6.45, 7) is 12.8. The van der Waals surface area contributed by atoms with E-state index >= 15 is 0 Å².